The smallest absolute Gasteiger partial charge is 0.329 e. The van der Waals surface area contributed by atoms with Crippen molar-refractivity contribution in [3.05, 3.63) is 92.4 Å². The summed E-state index contributed by atoms with van der Waals surface area (Å²) >= 11 is 0. The van der Waals surface area contributed by atoms with Crippen LogP contribution in [0.25, 0.3) is 11.2 Å². The maximum atomic E-state index is 14.1. The number of nitrogens with zero attached hydrogens (tertiary/aromatic N) is 5. The summed E-state index contributed by atoms with van der Waals surface area (Å²) in [6, 6.07) is 17.1. The molecule has 182 valence electrons. The highest BCUT2D eigenvalue weighted by Crippen LogP contribution is 2.22. The molecule has 3 heterocycles. The Bertz CT molecular complexity index is 1430. The highest BCUT2D eigenvalue weighted by Gasteiger charge is 2.25. The minimum absolute atomic E-state index is 0.185. The van der Waals surface area contributed by atoms with Crippen LogP contribution in [0, 0.1) is 5.82 Å². The SMILES string of the molecule is Cn1c(=O)[nH]c(=O)c2c1nc(N1CCN(Cc3ccccc3F)CC1)n2CCCc1ccccc1. The van der Waals surface area contributed by atoms with E-state index in [9.17, 15) is 14.0 Å². The highest BCUT2D eigenvalue weighted by atomic mass is 19.1. The molecule has 1 fully saturated rings. The molecule has 1 saturated heterocycles. The number of H-pyrrole nitrogens is 1. The number of imidazole rings is 1. The molecule has 35 heavy (non-hydrogen) atoms. The molecule has 0 amide bonds. The van der Waals surface area contributed by atoms with E-state index < -0.39 is 11.2 Å². The van der Waals surface area contributed by atoms with Gasteiger partial charge in [0.1, 0.15) is 5.82 Å². The monoisotopic (exact) mass is 476 g/mol. The van der Waals surface area contributed by atoms with Gasteiger partial charge in [0.2, 0.25) is 5.95 Å². The third-order valence-electron chi connectivity index (χ3n) is 6.68. The summed E-state index contributed by atoms with van der Waals surface area (Å²) in [5.41, 5.74) is 1.85. The molecule has 2 aromatic carbocycles. The Morgan fingerprint density at radius 2 is 1.69 bits per heavy atom. The number of benzene rings is 2. The Kier molecular flexibility index (Phi) is 6.50. The molecule has 0 atom stereocenters. The first-order chi connectivity index (χ1) is 17.0. The summed E-state index contributed by atoms with van der Waals surface area (Å²) in [7, 11) is 1.62. The molecule has 8 nitrogen and oxygen atoms in total. The van der Waals surface area contributed by atoms with Crippen LogP contribution in [-0.4, -0.2) is 50.2 Å². The van der Waals surface area contributed by atoms with E-state index in [2.05, 4.69) is 26.9 Å². The van der Waals surface area contributed by atoms with Crippen LogP contribution in [0.2, 0.25) is 0 Å². The van der Waals surface area contributed by atoms with Crippen molar-refractivity contribution in [3.63, 3.8) is 0 Å². The highest BCUT2D eigenvalue weighted by molar-refractivity contribution is 5.74. The average molecular weight is 477 g/mol. The van der Waals surface area contributed by atoms with Gasteiger partial charge in [-0.25, -0.2) is 9.18 Å². The third-order valence-corrected chi connectivity index (χ3v) is 6.68. The van der Waals surface area contributed by atoms with Crippen LogP contribution in [0.15, 0.2) is 64.2 Å². The minimum atomic E-state index is -0.474. The topological polar surface area (TPSA) is 79.2 Å². The molecule has 4 aromatic rings. The molecule has 1 N–H and O–H groups in total. The first-order valence-electron chi connectivity index (χ1n) is 12.0. The minimum Gasteiger partial charge on any atom is -0.340 e. The summed E-state index contributed by atoms with van der Waals surface area (Å²) in [6.45, 7) is 4.05. The molecule has 2 aromatic heterocycles. The summed E-state index contributed by atoms with van der Waals surface area (Å²) in [4.78, 5) is 36.6. The van der Waals surface area contributed by atoms with Crippen LogP contribution in [0.1, 0.15) is 17.5 Å². The van der Waals surface area contributed by atoms with Gasteiger partial charge >= 0.3 is 5.69 Å². The van der Waals surface area contributed by atoms with E-state index in [1.165, 1.54) is 16.2 Å². The number of piperazine rings is 1. The number of aromatic amines is 1. The Morgan fingerprint density at radius 1 is 0.971 bits per heavy atom. The second kappa shape index (κ2) is 9.87. The Hall–Kier alpha value is -3.72. The summed E-state index contributed by atoms with van der Waals surface area (Å²) in [5, 5.41) is 0. The number of hydrogen-bond donors (Lipinski definition) is 1. The lowest BCUT2D eigenvalue weighted by Gasteiger charge is -2.35. The van der Waals surface area contributed by atoms with Gasteiger partial charge in [0.15, 0.2) is 11.2 Å². The second-order valence-electron chi connectivity index (χ2n) is 9.00. The van der Waals surface area contributed by atoms with Gasteiger partial charge in [-0.3, -0.25) is 19.2 Å². The number of nitrogens with one attached hydrogen (secondary N) is 1. The van der Waals surface area contributed by atoms with Crippen molar-refractivity contribution in [1.29, 1.82) is 0 Å². The Balaban J connectivity index is 1.39. The maximum Gasteiger partial charge on any atom is 0.329 e. The lowest BCUT2D eigenvalue weighted by Crippen LogP contribution is -2.47. The third kappa shape index (κ3) is 4.77. The van der Waals surface area contributed by atoms with Crippen LogP contribution in [0.3, 0.4) is 0 Å². The van der Waals surface area contributed by atoms with Crippen molar-refractivity contribution < 1.29 is 4.39 Å². The van der Waals surface area contributed by atoms with Gasteiger partial charge in [-0.2, -0.15) is 4.98 Å². The number of aryl methyl sites for hydroxylation is 3. The van der Waals surface area contributed by atoms with E-state index in [0.717, 1.165) is 25.9 Å². The average Bonchev–Trinajstić information content (AvgIpc) is 3.25. The fourth-order valence-electron chi connectivity index (χ4n) is 4.74. The zero-order chi connectivity index (χ0) is 24.4. The van der Waals surface area contributed by atoms with E-state index in [4.69, 9.17) is 4.98 Å². The van der Waals surface area contributed by atoms with Crippen molar-refractivity contribution in [2.75, 3.05) is 31.1 Å². The number of fused-ring (bicyclic) bond motifs is 1. The second-order valence-corrected chi connectivity index (χ2v) is 9.00. The van der Waals surface area contributed by atoms with E-state index in [-0.39, 0.29) is 5.82 Å². The number of halogens is 1. The number of aromatic nitrogens is 4. The van der Waals surface area contributed by atoms with Gasteiger partial charge in [0.25, 0.3) is 5.56 Å². The van der Waals surface area contributed by atoms with Crippen LogP contribution in [-0.2, 0) is 26.6 Å². The molecule has 1 aliphatic heterocycles. The first-order valence-corrected chi connectivity index (χ1v) is 12.0. The summed E-state index contributed by atoms with van der Waals surface area (Å²) < 4.78 is 17.4. The maximum absolute atomic E-state index is 14.1. The van der Waals surface area contributed by atoms with Gasteiger partial charge in [-0.1, -0.05) is 48.5 Å². The molecule has 0 spiro atoms. The Morgan fingerprint density at radius 3 is 2.43 bits per heavy atom. The number of hydrogen-bond acceptors (Lipinski definition) is 5. The predicted octanol–water partition coefficient (Wildman–Crippen LogP) is 2.52. The van der Waals surface area contributed by atoms with Gasteiger partial charge in [-0.05, 0) is 24.5 Å². The van der Waals surface area contributed by atoms with Gasteiger partial charge < -0.3 is 9.47 Å². The molecule has 0 bridgehead atoms. The normalized spacial score (nSPS) is 14.6. The van der Waals surface area contributed by atoms with Crippen molar-refractivity contribution in [1.82, 2.24) is 24.0 Å². The van der Waals surface area contributed by atoms with Crippen LogP contribution in [0.5, 0.6) is 0 Å². The molecular formula is C26H29FN6O2. The molecule has 1 aliphatic rings. The molecule has 0 saturated carbocycles. The molecule has 9 heteroatoms. The van der Waals surface area contributed by atoms with Gasteiger partial charge in [-0.15, -0.1) is 0 Å². The van der Waals surface area contributed by atoms with Crippen molar-refractivity contribution in [2.45, 2.75) is 25.9 Å². The number of rotatable bonds is 7. The fourth-order valence-corrected chi connectivity index (χ4v) is 4.74. The molecule has 0 unspecified atom stereocenters. The number of anilines is 1. The lowest BCUT2D eigenvalue weighted by molar-refractivity contribution is 0.245. The zero-order valence-corrected chi connectivity index (χ0v) is 19.8. The summed E-state index contributed by atoms with van der Waals surface area (Å²) in [5.74, 6) is 0.514. The van der Waals surface area contributed by atoms with Gasteiger partial charge in [0, 0.05) is 51.9 Å². The largest absolute Gasteiger partial charge is 0.340 e. The molecule has 0 radical (unpaired) electrons. The van der Waals surface area contributed by atoms with E-state index in [1.54, 1.807) is 13.1 Å². The Labute approximate surface area is 202 Å². The van der Waals surface area contributed by atoms with Crippen molar-refractivity contribution in [3.8, 4) is 0 Å². The summed E-state index contributed by atoms with van der Waals surface area (Å²) in [6.07, 6.45) is 1.71. The quantitative estimate of drug-likeness (QED) is 0.444. The van der Waals surface area contributed by atoms with E-state index >= 15 is 0 Å². The van der Waals surface area contributed by atoms with Crippen LogP contribution >= 0.6 is 0 Å². The van der Waals surface area contributed by atoms with Crippen molar-refractivity contribution in [2.24, 2.45) is 7.05 Å². The van der Waals surface area contributed by atoms with E-state index in [0.29, 0.717) is 48.9 Å². The fraction of sp³-hybridized carbons (Fsp3) is 0.346. The van der Waals surface area contributed by atoms with E-state index in [1.807, 2.05) is 34.9 Å². The predicted molar refractivity (Wildman–Crippen MR) is 134 cm³/mol. The van der Waals surface area contributed by atoms with Gasteiger partial charge in [0.05, 0.1) is 0 Å². The lowest BCUT2D eigenvalue weighted by atomic mass is 10.1. The molecular weight excluding hydrogens is 447 g/mol. The zero-order valence-electron chi connectivity index (χ0n) is 19.8. The first kappa shape index (κ1) is 23.0. The molecule has 5 rings (SSSR count). The van der Waals surface area contributed by atoms with Crippen molar-refractivity contribution >= 4 is 17.1 Å². The van der Waals surface area contributed by atoms with Crippen LogP contribution < -0.4 is 16.1 Å². The van der Waals surface area contributed by atoms with Crippen LogP contribution in [0.4, 0.5) is 10.3 Å². The molecule has 0 aliphatic carbocycles. The standard InChI is InChI=1S/C26H29FN6O2/c1-30-23-22(24(34)29-26(30)35)33(13-7-10-19-8-3-2-4-9-19)25(28-23)32-16-14-31(15-17-32)18-20-11-5-6-12-21(20)27/h2-6,8-9,11-12H,7,10,13-18H2,1H3,(H,29,34,35).